The maximum absolute atomic E-state index is 12.1. The molecule has 0 atom stereocenters. The van der Waals surface area contributed by atoms with Crippen LogP contribution in [0.15, 0.2) is 41.5 Å². The molecule has 6 nitrogen and oxygen atoms in total. The van der Waals surface area contributed by atoms with E-state index in [4.69, 9.17) is 25.8 Å². The number of ether oxygens (including phenoxy) is 3. The van der Waals surface area contributed by atoms with Crippen molar-refractivity contribution in [3.63, 3.8) is 0 Å². The minimum absolute atomic E-state index is 0.333. The highest BCUT2D eigenvalue weighted by atomic mass is 35.5. The van der Waals surface area contributed by atoms with Crippen LogP contribution in [0.25, 0.3) is 0 Å². The lowest BCUT2D eigenvalue weighted by Crippen LogP contribution is -2.17. The molecule has 0 saturated carbocycles. The van der Waals surface area contributed by atoms with Crippen LogP contribution in [0, 0.1) is 0 Å². The number of nitrogens with zero attached hydrogens (tertiary/aromatic N) is 1. The van der Waals surface area contributed by atoms with Gasteiger partial charge in [-0.05, 0) is 36.8 Å². The lowest BCUT2D eigenvalue weighted by Gasteiger charge is -2.09. The van der Waals surface area contributed by atoms with Gasteiger partial charge in [0.1, 0.15) is 5.75 Å². The van der Waals surface area contributed by atoms with Gasteiger partial charge < -0.3 is 14.2 Å². The fourth-order valence-electron chi connectivity index (χ4n) is 2.12. The summed E-state index contributed by atoms with van der Waals surface area (Å²) in [5.41, 5.74) is 3.53. The third-order valence-corrected chi connectivity index (χ3v) is 3.79. The van der Waals surface area contributed by atoms with Crippen LogP contribution in [0.1, 0.15) is 29.3 Å². The summed E-state index contributed by atoms with van der Waals surface area (Å²) in [7, 11) is 3.06. The zero-order valence-electron chi connectivity index (χ0n) is 14.9. The Hall–Kier alpha value is -2.73. The number of halogens is 1. The number of carbonyl (C=O) groups excluding carboxylic acids is 1. The molecule has 0 aliphatic heterocycles. The van der Waals surface area contributed by atoms with E-state index in [0.717, 1.165) is 12.2 Å². The second kappa shape index (κ2) is 9.68. The molecule has 26 heavy (non-hydrogen) atoms. The van der Waals surface area contributed by atoms with Crippen molar-refractivity contribution in [2.45, 2.75) is 13.3 Å². The molecule has 0 radical (unpaired) electrons. The van der Waals surface area contributed by atoms with Crippen molar-refractivity contribution in [1.82, 2.24) is 5.43 Å². The Bertz CT molecular complexity index is 776. The van der Waals surface area contributed by atoms with Gasteiger partial charge in [-0.3, -0.25) is 4.79 Å². The molecule has 0 saturated heterocycles. The van der Waals surface area contributed by atoms with Gasteiger partial charge in [0.15, 0.2) is 11.5 Å². The number of hydrogen-bond donors (Lipinski definition) is 1. The molecule has 0 aliphatic carbocycles. The summed E-state index contributed by atoms with van der Waals surface area (Å²) >= 11 is 6.18. The molecule has 2 aromatic carbocycles. The van der Waals surface area contributed by atoms with Crippen LogP contribution < -0.4 is 19.6 Å². The minimum Gasteiger partial charge on any atom is -0.494 e. The minimum atomic E-state index is -0.333. The van der Waals surface area contributed by atoms with Crippen LogP contribution in [-0.2, 0) is 0 Å². The van der Waals surface area contributed by atoms with Gasteiger partial charge in [0.2, 0.25) is 0 Å². The third kappa shape index (κ3) is 5.13. The standard InChI is InChI=1S/C19H21ClN2O4/c1-4-9-26-15-7-5-13(6-8-15)19(23)22-21-12-14-10-17(24-2)18(25-3)11-16(14)20/h5-8,10-12H,4,9H2,1-3H3,(H,22,23)/b21-12-. The molecule has 1 N–H and O–H groups in total. The van der Waals surface area contributed by atoms with Crippen molar-refractivity contribution in [1.29, 1.82) is 0 Å². The summed E-state index contributed by atoms with van der Waals surface area (Å²) < 4.78 is 15.9. The second-order valence-electron chi connectivity index (χ2n) is 5.30. The largest absolute Gasteiger partial charge is 0.494 e. The Morgan fingerprint density at radius 3 is 2.42 bits per heavy atom. The maximum atomic E-state index is 12.1. The Morgan fingerprint density at radius 1 is 1.15 bits per heavy atom. The zero-order valence-corrected chi connectivity index (χ0v) is 15.7. The Balaban J connectivity index is 2.02. The summed E-state index contributed by atoms with van der Waals surface area (Å²) in [6.07, 6.45) is 2.37. The van der Waals surface area contributed by atoms with Gasteiger partial charge in [0, 0.05) is 17.2 Å². The third-order valence-electron chi connectivity index (χ3n) is 3.46. The molecule has 0 aliphatic rings. The van der Waals surface area contributed by atoms with E-state index in [9.17, 15) is 4.79 Å². The normalized spacial score (nSPS) is 10.6. The molecule has 2 rings (SSSR count). The van der Waals surface area contributed by atoms with Gasteiger partial charge in [-0.15, -0.1) is 0 Å². The SMILES string of the molecule is CCCOc1ccc(C(=O)N/N=C\c2cc(OC)c(OC)cc2Cl)cc1. The fraction of sp³-hybridized carbons (Fsp3) is 0.263. The monoisotopic (exact) mass is 376 g/mol. The molecule has 0 fully saturated rings. The lowest BCUT2D eigenvalue weighted by atomic mass is 10.2. The number of hydrazone groups is 1. The van der Waals surface area contributed by atoms with Crippen molar-refractivity contribution in [2.24, 2.45) is 5.10 Å². The fourth-order valence-corrected chi connectivity index (χ4v) is 2.32. The van der Waals surface area contributed by atoms with Crippen molar-refractivity contribution in [2.75, 3.05) is 20.8 Å². The van der Waals surface area contributed by atoms with Crippen LogP contribution in [0.2, 0.25) is 5.02 Å². The summed E-state index contributed by atoms with van der Waals surface area (Å²) in [6, 6.07) is 10.2. The average molecular weight is 377 g/mol. The predicted octanol–water partition coefficient (Wildman–Crippen LogP) is 3.91. The summed E-state index contributed by atoms with van der Waals surface area (Å²) in [6.45, 7) is 2.67. The molecular weight excluding hydrogens is 356 g/mol. The van der Waals surface area contributed by atoms with Crippen LogP contribution in [-0.4, -0.2) is 32.9 Å². The summed E-state index contributed by atoms with van der Waals surface area (Å²) in [4.78, 5) is 12.1. The van der Waals surface area contributed by atoms with Gasteiger partial charge in [0.25, 0.3) is 5.91 Å². The molecule has 7 heteroatoms. The molecule has 0 heterocycles. The van der Waals surface area contributed by atoms with Crippen molar-refractivity contribution in [3.8, 4) is 17.2 Å². The van der Waals surface area contributed by atoms with Gasteiger partial charge in [0.05, 0.1) is 32.1 Å². The number of nitrogens with one attached hydrogen (secondary N) is 1. The topological polar surface area (TPSA) is 69.2 Å². The van der Waals surface area contributed by atoms with E-state index in [0.29, 0.717) is 34.3 Å². The van der Waals surface area contributed by atoms with Crippen molar-refractivity contribution in [3.05, 3.63) is 52.5 Å². The first-order valence-electron chi connectivity index (χ1n) is 8.06. The van der Waals surface area contributed by atoms with E-state index in [2.05, 4.69) is 10.5 Å². The van der Waals surface area contributed by atoms with Crippen LogP contribution in [0.5, 0.6) is 17.2 Å². The molecule has 0 aromatic heterocycles. The molecule has 0 bridgehead atoms. The van der Waals surface area contributed by atoms with Crippen molar-refractivity contribution >= 4 is 23.7 Å². The molecular formula is C19H21ClN2O4. The molecule has 0 unspecified atom stereocenters. The first kappa shape index (κ1) is 19.6. The highest BCUT2D eigenvalue weighted by Gasteiger charge is 2.09. The van der Waals surface area contributed by atoms with Crippen LogP contribution >= 0.6 is 11.6 Å². The van der Waals surface area contributed by atoms with Gasteiger partial charge in [-0.25, -0.2) is 5.43 Å². The highest BCUT2D eigenvalue weighted by Crippen LogP contribution is 2.32. The number of hydrogen-bond acceptors (Lipinski definition) is 5. The quantitative estimate of drug-likeness (QED) is 0.560. The number of carbonyl (C=O) groups is 1. The van der Waals surface area contributed by atoms with Crippen molar-refractivity contribution < 1.29 is 19.0 Å². The van der Waals surface area contributed by atoms with Crippen LogP contribution in [0.4, 0.5) is 0 Å². The number of benzene rings is 2. The number of methoxy groups -OCH3 is 2. The smallest absolute Gasteiger partial charge is 0.271 e. The Morgan fingerprint density at radius 2 is 1.81 bits per heavy atom. The van der Waals surface area contributed by atoms with E-state index < -0.39 is 0 Å². The van der Waals surface area contributed by atoms with E-state index in [-0.39, 0.29) is 5.91 Å². The van der Waals surface area contributed by atoms with E-state index in [1.807, 2.05) is 6.92 Å². The summed E-state index contributed by atoms with van der Waals surface area (Å²) in [5, 5.41) is 4.37. The van der Waals surface area contributed by atoms with Crippen LogP contribution in [0.3, 0.4) is 0 Å². The molecule has 1 amide bonds. The Kier molecular flexibility index (Phi) is 7.29. The predicted molar refractivity (Wildman–Crippen MR) is 102 cm³/mol. The van der Waals surface area contributed by atoms with Gasteiger partial charge in [-0.1, -0.05) is 18.5 Å². The first-order chi connectivity index (χ1) is 12.6. The first-order valence-corrected chi connectivity index (χ1v) is 8.44. The molecule has 2 aromatic rings. The lowest BCUT2D eigenvalue weighted by molar-refractivity contribution is 0.0955. The van der Waals surface area contributed by atoms with E-state index in [1.165, 1.54) is 20.4 Å². The number of amides is 1. The number of rotatable bonds is 8. The van der Waals surface area contributed by atoms with E-state index >= 15 is 0 Å². The maximum Gasteiger partial charge on any atom is 0.271 e. The Labute approximate surface area is 157 Å². The van der Waals surface area contributed by atoms with E-state index in [1.54, 1.807) is 36.4 Å². The van der Waals surface area contributed by atoms with Gasteiger partial charge >= 0.3 is 0 Å². The highest BCUT2D eigenvalue weighted by molar-refractivity contribution is 6.33. The second-order valence-corrected chi connectivity index (χ2v) is 5.71. The van der Waals surface area contributed by atoms with Gasteiger partial charge in [-0.2, -0.15) is 5.10 Å². The zero-order chi connectivity index (χ0) is 18.9. The molecule has 0 spiro atoms. The summed E-state index contributed by atoms with van der Waals surface area (Å²) in [5.74, 6) is 1.43. The average Bonchev–Trinajstić information content (AvgIpc) is 2.67. The molecule has 138 valence electrons.